The van der Waals surface area contributed by atoms with Gasteiger partial charge in [-0.3, -0.25) is 4.90 Å². The molecule has 18 heavy (non-hydrogen) atoms. The lowest BCUT2D eigenvalue weighted by Crippen LogP contribution is -2.48. The van der Waals surface area contributed by atoms with Crippen LogP contribution in [0.2, 0.25) is 0 Å². The number of rotatable bonds is 8. The van der Waals surface area contributed by atoms with Gasteiger partial charge in [-0.1, -0.05) is 19.8 Å². The zero-order valence-electron chi connectivity index (χ0n) is 11.2. The summed E-state index contributed by atoms with van der Waals surface area (Å²) in [6.45, 7) is 3.59. The maximum Gasteiger partial charge on any atom is 0.166 e. The van der Waals surface area contributed by atoms with Crippen molar-refractivity contribution in [2.45, 2.75) is 38.0 Å². The van der Waals surface area contributed by atoms with Gasteiger partial charge in [0.1, 0.15) is 5.37 Å². The fourth-order valence-corrected chi connectivity index (χ4v) is 5.51. The summed E-state index contributed by atoms with van der Waals surface area (Å²) >= 11 is 5.96. The average Bonchev–Trinajstić information content (AvgIpc) is 2.39. The molecule has 1 saturated heterocycles. The number of sulfone groups is 1. The molecule has 0 aromatic heterocycles. The SMILES string of the molecule is CCS(=O)(=O)C1CSCCN1CCCCCCS. The van der Waals surface area contributed by atoms with Crippen LogP contribution < -0.4 is 0 Å². The second-order valence-electron chi connectivity index (χ2n) is 4.65. The highest BCUT2D eigenvalue weighted by Gasteiger charge is 2.32. The largest absolute Gasteiger partial charge is 0.286 e. The van der Waals surface area contributed by atoms with Crippen LogP contribution in [0.1, 0.15) is 32.6 Å². The molecule has 0 aliphatic carbocycles. The number of thiol groups is 1. The quantitative estimate of drug-likeness (QED) is 0.551. The summed E-state index contributed by atoms with van der Waals surface area (Å²) in [4.78, 5) is 2.18. The summed E-state index contributed by atoms with van der Waals surface area (Å²) < 4.78 is 24.1. The van der Waals surface area contributed by atoms with Crippen LogP contribution in [0.3, 0.4) is 0 Å². The van der Waals surface area contributed by atoms with Crippen molar-refractivity contribution in [3.63, 3.8) is 0 Å². The lowest BCUT2D eigenvalue weighted by molar-refractivity contribution is 0.263. The van der Waals surface area contributed by atoms with Crippen LogP contribution in [0, 0.1) is 0 Å². The first kappa shape index (κ1) is 16.7. The van der Waals surface area contributed by atoms with Crippen LogP contribution >= 0.6 is 24.4 Å². The van der Waals surface area contributed by atoms with Gasteiger partial charge in [0, 0.05) is 23.8 Å². The summed E-state index contributed by atoms with van der Waals surface area (Å²) in [6, 6.07) is 0. The fourth-order valence-electron chi connectivity index (χ4n) is 2.17. The monoisotopic (exact) mass is 311 g/mol. The van der Waals surface area contributed by atoms with Crippen LogP contribution in [0.5, 0.6) is 0 Å². The van der Waals surface area contributed by atoms with E-state index in [1.807, 2.05) is 0 Å². The Labute approximate surface area is 121 Å². The van der Waals surface area contributed by atoms with Crippen LogP contribution in [0.4, 0.5) is 0 Å². The van der Waals surface area contributed by atoms with Crippen molar-refractivity contribution in [1.82, 2.24) is 4.90 Å². The average molecular weight is 312 g/mol. The molecule has 0 spiro atoms. The van der Waals surface area contributed by atoms with Crippen molar-refractivity contribution < 1.29 is 8.42 Å². The molecule has 1 fully saturated rings. The maximum absolute atomic E-state index is 12.0. The standard InChI is InChI=1S/C12H25NO2S3/c1-2-18(14,15)12-11-17-10-8-13(12)7-5-3-4-6-9-16/h12,16H,2-11H2,1H3. The molecular formula is C12H25NO2S3. The van der Waals surface area contributed by atoms with Gasteiger partial charge < -0.3 is 0 Å². The summed E-state index contributed by atoms with van der Waals surface area (Å²) in [7, 11) is -2.92. The molecule has 0 N–H and O–H groups in total. The molecule has 1 atom stereocenters. The second-order valence-corrected chi connectivity index (χ2v) is 8.70. The minimum atomic E-state index is -2.92. The molecule has 1 aliphatic rings. The van der Waals surface area contributed by atoms with Crippen molar-refractivity contribution in [3.8, 4) is 0 Å². The Balaban J connectivity index is 2.40. The minimum absolute atomic E-state index is 0.244. The number of hydrogen-bond acceptors (Lipinski definition) is 5. The predicted octanol–water partition coefficient (Wildman–Crippen LogP) is 2.29. The van der Waals surface area contributed by atoms with Gasteiger partial charge in [-0.05, 0) is 25.1 Å². The van der Waals surface area contributed by atoms with E-state index in [4.69, 9.17) is 0 Å². The number of nitrogens with zero attached hydrogens (tertiary/aromatic N) is 1. The zero-order valence-corrected chi connectivity index (χ0v) is 13.7. The van der Waals surface area contributed by atoms with Crippen LogP contribution in [0.25, 0.3) is 0 Å². The van der Waals surface area contributed by atoms with Gasteiger partial charge in [0.05, 0.1) is 0 Å². The van der Waals surface area contributed by atoms with Gasteiger partial charge in [-0.25, -0.2) is 8.42 Å². The van der Waals surface area contributed by atoms with Crippen molar-refractivity contribution in [2.24, 2.45) is 0 Å². The topological polar surface area (TPSA) is 37.4 Å². The summed E-state index contributed by atoms with van der Waals surface area (Å²) in [6.07, 6.45) is 4.66. The van der Waals surface area contributed by atoms with Crippen molar-refractivity contribution in [2.75, 3.05) is 36.1 Å². The highest BCUT2D eigenvalue weighted by molar-refractivity contribution is 8.01. The molecule has 0 saturated carbocycles. The number of thioether (sulfide) groups is 1. The number of unbranched alkanes of at least 4 members (excludes halogenated alkanes) is 3. The highest BCUT2D eigenvalue weighted by Crippen LogP contribution is 2.22. The Bertz CT molecular complexity index is 319. The van der Waals surface area contributed by atoms with E-state index in [1.54, 1.807) is 18.7 Å². The summed E-state index contributed by atoms with van der Waals surface area (Å²) in [5.74, 6) is 3.01. The van der Waals surface area contributed by atoms with Crippen LogP contribution in [0.15, 0.2) is 0 Å². The Morgan fingerprint density at radius 2 is 2.00 bits per heavy atom. The lowest BCUT2D eigenvalue weighted by Gasteiger charge is -2.34. The molecule has 0 radical (unpaired) electrons. The molecular weight excluding hydrogens is 286 g/mol. The Kier molecular flexibility index (Phi) is 8.07. The fraction of sp³-hybridized carbons (Fsp3) is 1.00. The molecule has 0 aromatic rings. The van der Waals surface area contributed by atoms with E-state index >= 15 is 0 Å². The summed E-state index contributed by atoms with van der Waals surface area (Å²) in [5.41, 5.74) is 0. The third kappa shape index (κ3) is 5.31. The summed E-state index contributed by atoms with van der Waals surface area (Å²) in [5, 5.41) is -0.244. The first-order valence-corrected chi connectivity index (χ1v) is 10.3. The van der Waals surface area contributed by atoms with E-state index in [0.717, 1.165) is 43.2 Å². The minimum Gasteiger partial charge on any atom is -0.286 e. The Hall–Kier alpha value is 0.610. The highest BCUT2D eigenvalue weighted by atomic mass is 32.2. The lowest BCUT2D eigenvalue weighted by atomic mass is 10.2. The third-order valence-corrected chi connectivity index (χ3v) is 7.01. The van der Waals surface area contributed by atoms with Crippen LogP contribution in [-0.4, -0.2) is 54.8 Å². The second kappa shape index (κ2) is 8.72. The molecule has 1 unspecified atom stereocenters. The molecule has 0 aromatic carbocycles. The molecule has 0 bridgehead atoms. The van der Waals surface area contributed by atoms with Crippen molar-refractivity contribution in [1.29, 1.82) is 0 Å². The van der Waals surface area contributed by atoms with Gasteiger partial charge in [0.25, 0.3) is 0 Å². The molecule has 1 aliphatic heterocycles. The maximum atomic E-state index is 12.0. The van der Waals surface area contributed by atoms with E-state index in [0.29, 0.717) is 0 Å². The van der Waals surface area contributed by atoms with Gasteiger partial charge >= 0.3 is 0 Å². The molecule has 6 heteroatoms. The first-order valence-electron chi connectivity index (χ1n) is 6.76. The van der Waals surface area contributed by atoms with Gasteiger partial charge in [0.2, 0.25) is 0 Å². The van der Waals surface area contributed by atoms with Crippen molar-refractivity contribution >= 4 is 34.2 Å². The Morgan fingerprint density at radius 1 is 1.28 bits per heavy atom. The van der Waals surface area contributed by atoms with Crippen molar-refractivity contribution in [3.05, 3.63) is 0 Å². The van der Waals surface area contributed by atoms with Gasteiger partial charge in [0.15, 0.2) is 9.84 Å². The molecule has 3 nitrogen and oxygen atoms in total. The van der Waals surface area contributed by atoms with E-state index in [-0.39, 0.29) is 11.1 Å². The van der Waals surface area contributed by atoms with E-state index in [9.17, 15) is 8.42 Å². The normalized spacial score (nSPS) is 22.2. The molecule has 108 valence electrons. The first-order chi connectivity index (χ1) is 8.61. The van der Waals surface area contributed by atoms with Gasteiger partial charge in [-0.15, -0.1) is 0 Å². The number of hydrogen-bond donors (Lipinski definition) is 1. The molecule has 1 heterocycles. The molecule has 0 amide bonds. The van der Waals surface area contributed by atoms with E-state index in [1.165, 1.54) is 12.8 Å². The third-order valence-electron chi connectivity index (χ3n) is 3.36. The van der Waals surface area contributed by atoms with E-state index < -0.39 is 9.84 Å². The zero-order chi connectivity index (χ0) is 13.4. The Morgan fingerprint density at radius 3 is 2.67 bits per heavy atom. The predicted molar refractivity (Wildman–Crippen MR) is 84.5 cm³/mol. The van der Waals surface area contributed by atoms with Gasteiger partial charge in [-0.2, -0.15) is 24.4 Å². The smallest absolute Gasteiger partial charge is 0.166 e. The van der Waals surface area contributed by atoms with Crippen LogP contribution in [-0.2, 0) is 9.84 Å². The van der Waals surface area contributed by atoms with E-state index in [2.05, 4.69) is 17.5 Å². The molecule has 1 rings (SSSR count).